The second-order valence-electron chi connectivity index (χ2n) is 4.43. The molecule has 17 heavy (non-hydrogen) atoms. The van der Waals surface area contributed by atoms with E-state index < -0.39 is 0 Å². The van der Waals surface area contributed by atoms with Gasteiger partial charge in [-0.3, -0.25) is 4.98 Å². The number of pyridine rings is 1. The maximum atomic E-state index is 5.94. The van der Waals surface area contributed by atoms with Crippen molar-refractivity contribution in [2.75, 3.05) is 18.0 Å². The van der Waals surface area contributed by atoms with Crippen LogP contribution >= 0.6 is 0 Å². The third kappa shape index (κ3) is 3.86. The van der Waals surface area contributed by atoms with Gasteiger partial charge in [0.2, 0.25) is 0 Å². The van der Waals surface area contributed by atoms with Crippen LogP contribution in [0.15, 0.2) is 30.5 Å². The van der Waals surface area contributed by atoms with Crippen molar-refractivity contribution in [2.24, 2.45) is 5.73 Å². The fourth-order valence-electron chi connectivity index (χ4n) is 1.72. The third-order valence-corrected chi connectivity index (χ3v) is 2.80. The number of nitrogens with zero attached hydrogens (tertiary/aromatic N) is 2. The van der Waals surface area contributed by atoms with Crippen LogP contribution in [0.2, 0.25) is 0 Å². The molecule has 3 nitrogen and oxygen atoms in total. The number of aromatic nitrogens is 1. The van der Waals surface area contributed by atoms with E-state index in [0.29, 0.717) is 0 Å². The highest BCUT2D eigenvalue weighted by molar-refractivity contribution is 5.45. The summed E-state index contributed by atoms with van der Waals surface area (Å²) < 4.78 is 0. The van der Waals surface area contributed by atoms with E-state index >= 15 is 0 Å². The normalized spacial score (nSPS) is 12.2. The molecule has 0 aliphatic heterocycles. The quantitative estimate of drug-likeness (QED) is 0.768. The number of rotatable bonds is 6. The van der Waals surface area contributed by atoms with Gasteiger partial charge in [0.05, 0.1) is 17.6 Å². The highest BCUT2D eigenvalue weighted by Crippen LogP contribution is 2.17. The van der Waals surface area contributed by atoms with Gasteiger partial charge in [0.25, 0.3) is 0 Å². The minimum absolute atomic E-state index is 0.0419. The molecule has 94 valence electrons. The summed E-state index contributed by atoms with van der Waals surface area (Å²) >= 11 is 0. The zero-order valence-electron chi connectivity index (χ0n) is 11.1. The molecule has 0 radical (unpaired) electrons. The van der Waals surface area contributed by atoms with E-state index in [0.717, 1.165) is 36.5 Å². The largest absolute Gasteiger partial charge is 0.367 e. The van der Waals surface area contributed by atoms with Crippen LogP contribution < -0.4 is 10.6 Å². The van der Waals surface area contributed by atoms with Gasteiger partial charge in [-0.1, -0.05) is 19.1 Å². The molecule has 0 fully saturated rings. The molecule has 1 atom stereocenters. The third-order valence-electron chi connectivity index (χ3n) is 2.80. The Morgan fingerprint density at radius 1 is 1.47 bits per heavy atom. The number of hydrogen-bond acceptors (Lipinski definition) is 3. The SMILES string of the molecule is C=C(C)CN(CC)c1ccc([C@@H](N)CC)nc1. The molecule has 2 N–H and O–H groups in total. The second-order valence-corrected chi connectivity index (χ2v) is 4.43. The van der Waals surface area contributed by atoms with E-state index in [1.807, 2.05) is 19.2 Å². The first-order valence-electron chi connectivity index (χ1n) is 6.19. The molecule has 0 bridgehead atoms. The summed E-state index contributed by atoms with van der Waals surface area (Å²) in [5.41, 5.74) is 9.19. The molecule has 1 rings (SSSR count). The predicted molar refractivity (Wildman–Crippen MR) is 74.2 cm³/mol. The van der Waals surface area contributed by atoms with Crippen LogP contribution in [-0.4, -0.2) is 18.1 Å². The van der Waals surface area contributed by atoms with E-state index in [9.17, 15) is 0 Å². The Morgan fingerprint density at radius 2 is 2.18 bits per heavy atom. The van der Waals surface area contributed by atoms with Gasteiger partial charge in [0, 0.05) is 19.1 Å². The first-order valence-corrected chi connectivity index (χ1v) is 6.19. The highest BCUT2D eigenvalue weighted by Gasteiger charge is 2.07. The van der Waals surface area contributed by atoms with Gasteiger partial charge in [-0.25, -0.2) is 0 Å². The number of anilines is 1. The van der Waals surface area contributed by atoms with Crippen molar-refractivity contribution in [3.05, 3.63) is 36.2 Å². The van der Waals surface area contributed by atoms with E-state index in [1.165, 1.54) is 0 Å². The fourth-order valence-corrected chi connectivity index (χ4v) is 1.72. The second kappa shape index (κ2) is 6.40. The summed E-state index contributed by atoms with van der Waals surface area (Å²) in [6.45, 7) is 12.0. The summed E-state index contributed by atoms with van der Waals surface area (Å²) in [5.74, 6) is 0. The first kappa shape index (κ1) is 13.7. The average Bonchev–Trinajstić information content (AvgIpc) is 2.35. The Bertz CT molecular complexity index is 356. The maximum absolute atomic E-state index is 5.94. The van der Waals surface area contributed by atoms with Crippen LogP contribution in [0.25, 0.3) is 0 Å². The lowest BCUT2D eigenvalue weighted by atomic mass is 10.1. The van der Waals surface area contributed by atoms with Crippen LogP contribution in [0.3, 0.4) is 0 Å². The fraction of sp³-hybridized carbons (Fsp3) is 0.500. The predicted octanol–water partition coefficient (Wildman–Crippen LogP) is 2.89. The van der Waals surface area contributed by atoms with E-state index in [1.54, 1.807) is 0 Å². The zero-order valence-corrected chi connectivity index (χ0v) is 11.1. The van der Waals surface area contributed by atoms with Gasteiger partial charge < -0.3 is 10.6 Å². The molecule has 3 heteroatoms. The molecule has 1 aromatic rings. The van der Waals surface area contributed by atoms with Gasteiger partial charge in [-0.2, -0.15) is 0 Å². The molecule has 0 amide bonds. The number of hydrogen-bond donors (Lipinski definition) is 1. The molecule has 1 aromatic heterocycles. The summed E-state index contributed by atoms with van der Waals surface area (Å²) in [6.07, 6.45) is 2.81. The molecular weight excluding hydrogens is 210 g/mol. The summed E-state index contributed by atoms with van der Waals surface area (Å²) in [7, 11) is 0. The Morgan fingerprint density at radius 3 is 2.59 bits per heavy atom. The van der Waals surface area contributed by atoms with Crippen LogP contribution in [0.1, 0.15) is 38.9 Å². The van der Waals surface area contributed by atoms with Crippen LogP contribution in [-0.2, 0) is 0 Å². The molecule has 0 aliphatic rings. The van der Waals surface area contributed by atoms with Crippen molar-refractivity contribution in [3.8, 4) is 0 Å². The molecule has 0 unspecified atom stereocenters. The van der Waals surface area contributed by atoms with Crippen molar-refractivity contribution in [1.82, 2.24) is 4.98 Å². The topological polar surface area (TPSA) is 42.1 Å². The Balaban J connectivity index is 2.81. The van der Waals surface area contributed by atoms with Gasteiger partial charge in [-0.15, -0.1) is 0 Å². The molecule has 0 spiro atoms. The Hall–Kier alpha value is -1.35. The van der Waals surface area contributed by atoms with Crippen molar-refractivity contribution in [3.63, 3.8) is 0 Å². The number of likely N-dealkylation sites (N-methyl/N-ethyl adjacent to an activating group) is 1. The zero-order chi connectivity index (χ0) is 12.8. The Labute approximate surface area is 104 Å². The van der Waals surface area contributed by atoms with Crippen molar-refractivity contribution >= 4 is 5.69 Å². The van der Waals surface area contributed by atoms with E-state index in [4.69, 9.17) is 5.73 Å². The van der Waals surface area contributed by atoms with Crippen molar-refractivity contribution in [1.29, 1.82) is 0 Å². The number of nitrogens with two attached hydrogens (primary N) is 1. The standard InChI is InChI=1S/C14H23N3/c1-5-13(15)14-8-7-12(9-16-14)17(6-2)10-11(3)4/h7-9,13H,3,5-6,10,15H2,1-2,4H3/t13-/m0/s1. The smallest absolute Gasteiger partial charge is 0.0572 e. The highest BCUT2D eigenvalue weighted by atomic mass is 15.1. The molecule has 1 heterocycles. The Kier molecular flexibility index (Phi) is 5.16. The minimum Gasteiger partial charge on any atom is -0.367 e. The van der Waals surface area contributed by atoms with Gasteiger partial charge in [0.1, 0.15) is 0 Å². The summed E-state index contributed by atoms with van der Waals surface area (Å²) in [5, 5.41) is 0. The monoisotopic (exact) mass is 233 g/mol. The maximum Gasteiger partial charge on any atom is 0.0572 e. The molecule has 0 aromatic carbocycles. The van der Waals surface area contributed by atoms with Crippen LogP contribution in [0, 0.1) is 0 Å². The van der Waals surface area contributed by atoms with Gasteiger partial charge in [0.15, 0.2) is 0 Å². The summed E-state index contributed by atoms with van der Waals surface area (Å²) in [6, 6.07) is 4.15. The van der Waals surface area contributed by atoms with Crippen LogP contribution in [0.4, 0.5) is 5.69 Å². The molecular formula is C14H23N3. The molecule has 0 aliphatic carbocycles. The summed E-state index contributed by atoms with van der Waals surface area (Å²) in [4.78, 5) is 6.68. The van der Waals surface area contributed by atoms with E-state index in [-0.39, 0.29) is 6.04 Å². The van der Waals surface area contributed by atoms with Crippen molar-refractivity contribution in [2.45, 2.75) is 33.2 Å². The van der Waals surface area contributed by atoms with Gasteiger partial charge >= 0.3 is 0 Å². The lowest BCUT2D eigenvalue weighted by Gasteiger charge is -2.23. The average molecular weight is 233 g/mol. The first-order chi connectivity index (χ1) is 8.08. The molecule has 0 saturated carbocycles. The van der Waals surface area contributed by atoms with E-state index in [2.05, 4.69) is 36.4 Å². The molecule has 0 saturated heterocycles. The lowest BCUT2D eigenvalue weighted by molar-refractivity contribution is 0.675. The van der Waals surface area contributed by atoms with Crippen molar-refractivity contribution < 1.29 is 0 Å². The van der Waals surface area contributed by atoms with Gasteiger partial charge in [-0.05, 0) is 32.4 Å². The minimum atomic E-state index is 0.0419. The van der Waals surface area contributed by atoms with Crippen LogP contribution in [0.5, 0.6) is 0 Å². The lowest BCUT2D eigenvalue weighted by Crippen LogP contribution is -2.24.